The predicted molar refractivity (Wildman–Crippen MR) is 108 cm³/mol. The molecular formula is C19H11Cl2N3OS. The average molecular weight is 400 g/mol. The lowest BCUT2D eigenvalue weighted by Crippen LogP contribution is -2.23. The van der Waals surface area contributed by atoms with Crippen LogP contribution in [-0.2, 0) is 0 Å². The number of thiazole rings is 1. The molecule has 7 heteroatoms. The summed E-state index contributed by atoms with van der Waals surface area (Å²) in [5, 5.41) is 5.61. The molecule has 2 heterocycles. The highest BCUT2D eigenvalue weighted by Crippen LogP contribution is 2.13. The third-order valence-corrected chi connectivity index (χ3v) is 5.12. The minimum atomic E-state index is -0.182. The lowest BCUT2D eigenvalue weighted by atomic mass is 10.2. The van der Waals surface area contributed by atoms with E-state index in [0.29, 0.717) is 25.4 Å². The molecule has 0 N–H and O–H groups in total. The van der Waals surface area contributed by atoms with E-state index in [1.807, 2.05) is 48.6 Å². The van der Waals surface area contributed by atoms with Gasteiger partial charge in [-0.1, -0.05) is 64.9 Å². The van der Waals surface area contributed by atoms with Gasteiger partial charge in [0.25, 0.3) is 5.56 Å². The normalized spacial score (nSPS) is 12.5. The molecule has 0 aliphatic rings. The molecule has 0 atom stereocenters. The van der Waals surface area contributed by atoms with Crippen LogP contribution < -0.4 is 10.1 Å². The summed E-state index contributed by atoms with van der Waals surface area (Å²) < 4.78 is 1.91. The number of nitrogens with zero attached hydrogens (tertiary/aromatic N) is 3. The summed E-state index contributed by atoms with van der Waals surface area (Å²) in [6, 6.07) is 14.7. The quantitative estimate of drug-likeness (QED) is 0.519. The van der Waals surface area contributed by atoms with Crippen LogP contribution in [0.25, 0.3) is 23.2 Å². The molecular weight excluding hydrogens is 389 g/mol. The molecule has 0 radical (unpaired) electrons. The standard InChI is InChI=1S/C19H11Cl2N3OS/c20-14-6-1-12(2-7-14)5-10-17-22-19-24(23-17)18(25)16(26-19)11-13-3-8-15(21)9-4-13/h1-11H/b10-5+,16-11+. The summed E-state index contributed by atoms with van der Waals surface area (Å²) in [6.45, 7) is 0. The van der Waals surface area contributed by atoms with Gasteiger partial charge in [0.15, 0.2) is 5.82 Å². The molecule has 4 nitrogen and oxygen atoms in total. The van der Waals surface area contributed by atoms with Gasteiger partial charge < -0.3 is 0 Å². The second kappa shape index (κ2) is 7.03. The van der Waals surface area contributed by atoms with Crippen molar-refractivity contribution in [2.24, 2.45) is 0 Å². The van der Waals surface area contributed by atoms with E-state index >= 15 is 0 Å². The summed E-state index contributed by atoms with van der Waals surface area (Å²) in [7, 11) is 0. The highest BCUT2D eigenvalue weighted by molar-refractivity contribution is 7.15. The second-order valence-electron chi connectivity index (χ2n) is 5.52. The third-order valence-electron chi connectivity index (χ3n) is 3.66. The van der Waals surface area contributed by atoms with Crippen LogP contribution in [0, 0.1) is 0 Å². The monoisotopic (exact) mass is 399 g/mol. The van der Waals surface area contributed by atoms with Crippen LogP contribution >= 0.6 is 34.5 Å². The van der Waals surface area contributed by atoms with E-state index in [-0.39, 0.29) is 5.56 Å². The van der Waals surface area contributed by atoms with Crippen molar-refractivity contribution in [1.82, 2.24) is 14.6 Å². The Labute approximate surface area is 162 Å². The molecule has 0 fully saturated rings. The maximum atomic E-state index is 12.5. The maximum Gasteiger partial charge on any atom is 0.291 e. The number of hydrogen-bond donors (Lipinski definition) is 0. The van der Waals surface area contributed by atoms with E-state index in [1.54, 1.807) is 18.2 Å². The second-order valence-corrected chi connectivity index (χ2v) is 7.40. The maximum absolute atomic E-state index is 12.5. The van der Waals surface area contributed by atoms with E-state index in [4.69, 9.17) is 23.2 Å². The van der Waals surface area contributed by atoms with Crippen LogP contribution in [0.5, 0.6) is 0 Å². The third kappa shape index (κ3) is 3.55. The van der Waals surface area contributed by atoms with Gasteiger partial charge in [-0.25, -0.2) is 0 Å². The van der Waals surface area contributed by atoms with Gasteiger partial charge in [-0.05, 0) is 47.5 Å². The minimum absolute atomic E-state index is 0.182. The van der Waals surface area contributed by atoms with Crippen LogP contribution in [0.4, 0.5) is 0 Å². The fourth-order valence-corrected chi connectivity index (χ4v) is 3.54. The van der Waals surface area contributed by atoms with Crippen molar-refractivity contribution in [3.63, 3.8) is 0 Å². The fraction of sp³-hybridized carbons (Fsp3) is 0. The summed E-state index contributed by atoms with van der Waals surface area (Å²) >= 11 is 13.1. The van der Waals surface area contributed by atoms with Crippen molar-refractivity contribution < 1.29 is 0 Å². The van der Waals surface area contributed by atoms with Crippen LogP contribution in [-0.4, -0.2) is 14.6 Å². The Hall–Kier alpha value is -2.47. The molecule has 128 valence electrons. The van der Waals surface area contributed by atoms with Crippen molar-refractivity contribution in [3.05, 3.63) is 90.4 Å². The smallest absolute Gasteiger partial charge is 0.266 e. The van der Waals surface area contributed by atoms with Crippen LogP contribution in [0.15, 0.2) is 53.3 Å². The Balaban J connectivity index is 1.66. The van der Waals surface area contributed by atoms with Gasteiger partial charge in [-0.3, -0.25) is 4.79 Å². The van der Waals surface area contributed by atoms with Crippen molar-refractivity contribution in [1.29, 1.82) is 0 Å². The Morgan fingerprint density at radius 3 is 2.12 bits per heavy atom. The molecule has 0 aliphatic heterocycles. The number of benzene rings is 2. The zero-order chi connectivity index (χ0) is 18.1. The van der Waals surface area contributed by atoms with E-state index < -0.39 is 0 Å². The summed E-state index contributed by atoms with van der Waals surface area (Å²) in [6.07, 6.45) is 5.45. The molecule has 4 aromatic rings. The topological polar surface area (TPSA) is 47.3 Å². The molecule has 2 aromatic heterocycles. The van der Waals surface area contributed by atoms with Crippen molar-refractivity contribution in [3.8, 4) is 0 Å². The molecule has 0 spiro atoms. The SMILES string of the molecule is O=c1/c(=C\c2ccc(Cl)cc2)sc2nc(/C=C/c3ccc(Cl)cc3)nn12. The first-order valence-electron chi connectivity index (χ1n) is 7.69. The molecule has 4 rings (SSSR count). The van der Waals surface area contributed by atoms with Gasteiger partial charge in [0, 0.05) is 10.0 Å². The molecule has 0 saturated carbocycles. The van der Waals surface area contributed by atoms with Crippen molar-refractivity contribution in [2.45, 2.75) is 0 Å². The molecule has 0 unspecified atom stereocenters. The van der Waals surface area contributed by atoms with E-state index in [0.717, 1.165) is 11.1 Å². The Kier molecular flexibility index (Phi) is 4.59. The highest BCUT2D eigenvalue weighted by Gasteiger charge is 2.08. The summed E-state index contributed by atoms with van der Waals surface area (Å²) in [5.74, 6) is 0.487. The van der Waals surface area contributed by atoms with Gasteiger partial charge in [-0.2, -0.15) is 9.50 Å². The first kappa shape index (κ1) is 17.0. The van der Waals surface area contributed by atoms with Gasteiger partial charge in [0.05, 0.1) is 4.53 Å². The molecule has 0 amide bonds. The van der Waals surface area contributed by atoms with Gasteiger partial charge in [-0.15, -0.1) is 5.10 Å². The Morgan fingerprint density at radius 2 is 1.50 bits per heavy atom. The van der Waals surface area contributed by atoms with E-state index in [2.05, 4.69) is 10.1 Å². The number of hydrogen-bond acceptors (Lipinski definition) is 4. The molecule has 0 bridgehead atoms. The highest BCUT2D eigenvalue weighted by atomic mass is 35.5. The predicted octanol–water partition coefficient (Wildman–Crippen LogP) is 4.18. The fourth-order valence-electron chi connectivity index (χ4n) is 2.37. The molecule has 0 saturated heterocycles. The van der Waals surface area contributed by atoms with E-state index in [9.17, 15) is 4.79 Å². The zero-order valence-corrected chi connectivity index (χ0v) is 15.6. The largest absolute Gasteiger partial charge is 0.291 e. The molecule has 0 aliphatic carbocycles. The number of rotatable bonds is 3. The average Bonchev–Trinajstić information content (AvgIpc) is 3.16. The molecule has 26 heavy (non-hydrogen) atoms. The zero-order valence-electron chi connectivity index (χ0n) is 13.3. The Morgan fingerprint density at radius 1 is 0.885 bits per heavy atom. The van der Waals surface area contributed by atoms with Gasteiger partial charge >= 0.3 is 0 Å². The van der Waals surface area contributed by atoms with Crippen LogP contribution in [0.2, 0.25) is 10.0 Å². The summed E-state index contributed by atoms with van der Waals surface area (Å²) in [4.78, 5) is 17.5. The lowest BCUT2D eigenvalue weighted by molar-refractivity contribution is 0.925. The van der Waals surface area contributed by atoms with Crippen LogP contribution in [0.1, 0.15) is 17.0 Å². The first-order valence-corrected chi connectivity index (χ1v) is 9.26. The van der Waals surface area contributed by atoms with Crippen molar-refractivity contribution in [2.75, 3.05) is 0 Å². The van der Waals surface area contributed by atoms with Crippen molar-refractivity contribution >= 4 is 57.7 Å². The minimum Gasteiger partial charge on any atom is -0.266 e. The van der Waals surface area contributed by atoms with E-state index in [1.165, 1.54) is 15.9 Å². The molecule has 2 aromatic carbocycles. The number of fused-ring (bicyclic) bond motifs is 1. The number of aromatic nitrogens is 3. The Bertz CT molecular complexity index is 1210. The number of halogens is 2. The lowest BCUT2D eigenvalue weighted by Gasteiger charge is -1.92. The van der Waals surface area contributed by atoms with Gasteiger partial charge in [0.1, 0.15) is 0 Å². The first-order chi connectivity index (χ1) is 12.6. The summed E-state index contributed by atoms with van der Waals surface area (Å²) in [5.41, 5.74) is 1.70. The van der Waals surface area contributed by atoms with Gasteiger partial charge in [0.2, 0.25) is 4.96 Å². The van der Waals surface area contributed by atoms with Crippen LogP contribution in [0.3, 0.4) is 0 Å².